The molecule has 0 aromatic heterocycles. The Morgan fingerprint density at radius 1 is 1.30 bits per heavy atom. The molecule has 1 fully saturated rings. The van der Waals surface area contributed by atoms with Crippen LogP contribution in [0.25, 0.3) is 0 Å². The van der Waals surface area contributed by atoms with Crippen molar-refractivity contribution in [3.63, 3.8) is 0 Å². The number of sulfonamides is 1. The lowest BCUT2D eigenvalue weighted by Crippen LogP contribution is -2.48. The fourth-order valence-electron chi connectivity index (χ4n) is 2.28. The minimum Gasteiger partial charge on any atom is -0.496 e. The number of rotatable bonds is 3. The molecule has 1 aliphatic heterocycles. The van der Waals surface area contributed by atoms with Crippen molar-refractivity contribution >= 4 is 32.6 Å². The molecule has 1 aromatic carbocycles. The molecule has 0 N–H and O–H groups in total. The predicted molar refractivity (Wildman–Crippen MR) is 84.5 cm³/mol. The Kier molecular flexibility index (Phi) is 4.93. The summed E-state index contributed by atoms with van der Waals surface area (Å²) in [6.07, 6.45) is -0.196. The van der Waals surface area contributed by atoms with E-state index < -0.39 is 10.0 Å². The second kappa shape index (κ2) is 6.17. The summed E-state index contributed by atoms with van der Waals surface area (Å²) in [5.74, 6) is 0.570. The molecule has 0 spiro atoms. The molecular formula is C13H18INO4S. The van der Waals surface area contributed by atoms with Crippen LogP contribution in [0.5, 0.6) is 5.75 Å². The largest absolute Gasteiger partial charge is 0.496 e. The second-order valence-electron chi connectivity index (χ2n) is 4.88. The zero-order valence-corrected chi connectivity index (χ0v) is 14.6. The molecule has 0 aliphatic carbocycles. The van der Waals surface area contributed by atoms with E-state index in [0.29, 0.717) is 18.8 Å². The highest BCUT2D eigenvalue weighted by Gasteiger charge is 2.32. The number of hydrogen-bond donors (Lipinski definition) is 0. The van der Waals surface area contributed by atoms with E-state index in [4.69, 9.17) is 9.47 Å². The first-order valence-electron chi connectivity index (χ1n) is 6.33. The summed E-state index contributed by atoms with van der Waals surface area (Å²) in [7, 11) is -1.97. The maximum Gasteiger partial charge on any atom is 0.243 e. The van der Waals surface area contributed by atoms with Crippen LogP contribution in [0.3, 0.4) is 0 Å². The van der Waals surface area contributed by atoms with E-state index in [2.05, 4.69) is 22.6 Å². The maximum atomic E-state index is 12.7. The zero-order chi connectivity index (χ0) is 14.9. The second-order valence-corrected chi connectivity index (χ2v) is 7.98. The first-order chi connectivity index (χ1) is 9.34. The Hall–Kier alpha value is -0.380. The van der Waals surface area contributed by atoms with Crippen molar-refractivity contribution < 1.29 is 17.9 Å². The first-order valence-corrected chi connectivity index (χ1v) is 8.85. The number of hydrogen-bond acceptors (Lipinski definition) is 4. The lowest BCUT2D eigenvalue weighted by Gasteiger charge is -2.34. The minimum atomic E-state index is -3.51. The predicted octanol–water partition coefficient (Wildman–Crippen LogP) is 2.10. The SMILES string of the molecule is COc1cc(S(=O)(=O)N2CC(C)OC(C)C2)ccc1I. The van der Waals surface area contributed by atoms with E-state index in [1.54, 1.807) is 18.2 Å². The average Bonchev–Trinajstić information content (AvgIpc) is 2.37. The zero-order valence-electron chi connectivity index (χ0n) is 11.7. The summed E-state index contributed by atoms with van der Waals surface area (Å²) in [6.45, 7) is 4.52. The van der Waals surface area contributed by atoms with Gasteiger partial charge in [-0.1, -0.05) is 0 Å². The van der Waals surface area contributed by atoms with Gasteiger partial charge >= 0.3 is 0 Å². The van der Waals surface area contributed by atoms with Gasteiger partial charge in [-0.3, -0.25) is 0 Å². The van der Waals surface area contributed by atoms with Crippen LogP contribution in [0.1, 0.15) is 13.8 Å². The van der Waals surface area contributed by atoms with Crippen LogP contribution in [0.2, 0.25) is 0 Å². The Labute approximate surface area is 133 Å². The molecular weight excluding hydrogens is 393 g/mol. The summed E-state index contributed by atoms with van der Waals surface area (Å²) >= 11 is 2.11. The van der Waals surface area contributed by atoms with Crippen molar-refractivity contribution in [1.29, 1.82) is 0 Å². The van der Waals surface area contributed by atoms with Gasteiger partial charge in [-0.25, -0.2) is 8.42 Å². The minimum absolute atomic E-state index is 0.0979. The quantitative estimate of drug-likeness (QED) is 0.715. The van der Waals surface area contributed by atoms with Crippen molar-refractivity contribution in [1.82, 2.24) is 4.31 Å². The fourth-order valence-corrected chi connectivity index (χ4v) is 4.44. The third kappa shape index (κ3) is 3.26. The standard InChI is InChI=1S/C13H18INO4S/c1-9-7-15(8-10(2)19-9)20(16,17)11-4-5-12(14)13(6-11)18-3/h4-6,9-10H,7-8H2,1-3H3. The first kappa shape index (κ1) is 16.0. The number of nitrogens with zero attached hydrogens (tertiary/aromatic N) is 1. The van der Waals surface area contributed by atoms with E-state index in [-0.39, 0.29) is 17.1 Å². The van der Waals surface area contributed by atoms with Gasteiger partial charge in [0.15, 0.2) is 0 Å². The third-order valence-electron chi connectivity index (χ3n) is 3.15. The topological polar surface area (TPSA) is 55.8 Å². The van der Waals surface area contributed by atoms with Crippen LogP contribution in [0, 0.1) is 3.57 Å². The molecule has 20 heavy (non-hydrogen) atoms. The van der Waals surface area contributed by atoms with Crippen LogP contribution in [0.15, 0.2) is 23.1 Å². The van der Waals surface area contributed by atoms with Gasteiger partial charge in [-0.2, -0.15) is 4.31 Å². The highest BCUT2D eigenvalue weighted by molar-refractivity contribution is 14.1. The van der Waals surface area contributed by atoms with Gasteiger partial charge in [0.25, 0.3) is 0 Å². The average molecular weight is 411 g/mol. The number of benzene rings is 1. The van der Waals surface area contributed by atoms with Crippen molar-refractivity contribution in [2.75, 3.05) is 20.2 Å². The normalized spacial score (nSPS) is 24.6. The highest BCUT2D eigenvalue weighted by Crippen LogP contribution is 2.27. The molecule has 2 unspecified atom stereocenters. The van der Waals surface area contributed by atoms with Gasteiger partial charge in [-0.05, 0) is 48.6 Å². The van der Waals surface area contributed by atoms with Gasteiger partial charge in [0.1, 0.15) is 5.75 Å². The van der Waals surface area contributed by atoms with E-state index in [9.17, 15) is 8.42 Å². The van der Waals surface area contributed by atoms with E-state index >= 15 is 0 Å². The van der Waals surface area contributed by atoms with Gasteiger partial charge in [-0.15, -0.1) is 0 Å². The molecule has 1 heterocycles. The smallest absolute Gasteiger partial charge is 0.243 e. The number of halogens is 1. The van der Waals surface area contributed by atoms with Crippen LogP contribution < -0.4 is 4.74 Å². The van der Waals surface area contributed by atoms with E-state index in [0.717, 1.165) is 3.57 Å². The van der Waals surface area contributed by atoms with Gasteiger partial charge in [0.05, 0.1) is 27.8 Å². The molecule has 1 aromatic rings. The van der Waals surface area contributed by atoms with Gasteiger partial charge < -0.3 is 9.47 Å². The molecule has 112 valence electrons. The van der Waals surface area contributed by atoms with Crippen LogP contribution >= 0.6 is 22.6 Å². The molecule has 7 heteroatoms. The van der Waals surface area contributed by atoms with Gasteiger partial charge in [0.2, 0.25) is 10.0 Å². The Morgan fingerprint density at radius 3 is 2.45 bits per heavy atom. The van der Waals surface area contributed by atoms with E-state index in [1.165, 1.54) is 11.4 Å². The molecule has 0 saturated carbocycles. The van der Waals surface area contributed by atoms with Crippen LogP contribution in [-0.4, -0.2) is 45.1 Å². The molecule has 2 atom stereocenters. The van der Waals surface area contributed by atoms with Crippen LogP contribution in [0.4, 0.5) is 0 Å². The summed E-state index contributed by atoms with van der Waals surface area (Å²) in [5, 5.41) is 0. The Bertz CT molecular complexity index is 580. The van der Waals surface area contributed by atoms with Crippen molar-refractivity contribution in [2.24, 2.45) is 0 Å². The van der Waals surface area contributed by atoms with E-state index in [1.807, 2.05) is 13.8 Å². The third-order valence-corrected chi connectivity index (χ3v) is 5.87. The summed E-state index contributed by atoms with van der Waals surface area (Å²) in [6, 6.07) is 4.94. The van der Waals surface area contributed by atoms with Crippen molar-refractivity contribution in [3.8, 4) is 5.75 Å². The summed E-state index contributed by atoms with van der Waals surface area (Å²) < 4.78 is 38.5. The fraction of sp³-hybridized carbons (Fsp3) is 0.538. The molecule has 0 amide bonds. The highest BCUT2D eigenvalue weighted by atomic mass is 127. The maximum absolute atomic E-state index is 12.7. The monoisotopic (exact) mass is 411 g/mol. The Morgan fingerprint density at radius 2 is 1.90 bits per heavy atom. The number of methoxy groups -OCH3 is 1. The van der Waals surface area contributed by atoms with Crippen molar-refractivity contribution in [2.45, 2.75) is 31.0 Å². The lowest BCUT2D eigenvalue weighted by molar-refractivity contribution is -0.0440. The molecule has 0 radical (unpaired) electrons. The van der Waals surface area contributed by atoms with Crippen molar-refractivity contribution in [3.05, 3.63) is 21.8 Å². The number of morpholine rings is 1. The molecule has 1 saturated heterocycles. The Balaban J connectivity index is 2.34. The van der Waals surface area contributed by atoms with Gasteiger partial charge in [0, 0.05) is 19.2 Å². The molecule has 5 nitrogen and oxygen atoms in total. The lowest BCUT2D eigenvalue weighted by atomic mass is 10.3. The molecule has 0 bridgehead atoms. The number of ether oxygens (including phenoxy) is 2. The molecule has 2 rings (SSSR count). The van der Waals surface area contributed by atoms with Crippen LogP contribution in [-0.2, 0) is 14.8 Å². The summed E-state index contributed by atoms with van der Waals surface area (Å²) in [4.78, 5) is 0.260. The molecule has 1 aliphatic rings. The summed E-state index contributed by atoms with van der Waals surface area (Å²) in [5.41, 5.74) is 0.